The molecule has 10 heteroatoms. The molecule has 0 saturated heterocycles. The van der Waals surface area contributed by atoms with Crippen molar-refractivity contribution in [1.82, 2.24) is 0 Å². The summed E-state index contributed by atoms with van der Waals surface area (Å²) in [6.07, 6.45) is 2.62. The number of hydrogen-bond donors (Lipinski definition) is 2. The number of halogens is 2. The van der Waals surface area contributed by atoms with Gasteiger partial charge in [0.1, 0.15) is 16.9 Å². The number of allylic oxidation sites excluding steroid dienone is 1. The van der Waals surface area contributed by atoms with Crippen LogP contribution in [0.2, 0.25) is 10.0 Å². The summed E-state index contributed by atoms with van der Waals surface area (Å²) in [4.78, 5) is 24.5. The van der Waals surface area contributed by atoms with E-state index in [2.05, 4.69) is 0 Å². The molecule has 0 heterocycles. The molecule has 7 nitrogen and oxygen atoms in total. The van der Waals surface area contributed by atoms with Crippen molar-refractivity contribution in [3.05, 3.63) is 64.2 Å². The average molecular weight is 513 g/mol. The van der Waals surface area contributed by atoms with Gasteiger partial charge in [0.25, 0.3) is 0 Å². The van der Waals surface area contributed by atoms with E-state index in [1.54, 1.807) is 0 Å². The van der Waals surface area contributed by atoms with E-state index in [0.29, 0.717) is 5.02 Å². The zero-order valence-corrected chi connectivity index (χ0v) is 20.2. The second-order valence-corrected chi connectivity index (χ2v) is 11.2. The van der Waals surface area contributed by atoms with Gasteiger partial charge in [0.2, 0.25) is 0 Å². The molecule has 0 saturated carbocycles. The predicted molar refractivity (Wildman–Crippen MR) is 124 cm³/mol. The van der Waals surface area contributed by atoms with Crippen molar-refractivity contribution in [2.75, 3.05) is 5.75 Å². The van der Waals surface area contributed by atoms with Crippen molar-refractivity contribution in [2.45, 2.75) is 37.0 Å². The van der Waals surface area contributed by atoms with Crippen LogP contribution in [0.15, 0.2) is 53.4 Å². The molecule has 2 unspecified atom stereocenters. The van der Waals surface area contributed by atoms with Gasteiger partial charge in [0.15, 0.2) is 9.84 Å². The lowest BCUT2D eigenvalue weighted by molar-refractivity contribution is -0.151. The Morgan fingerprint density at radius 3 is 2.33 bits per heavy atom. The van der Waals surface area contributed by atoms with Gasteiger partial charge in [-0.05, 0) is 50.1 Å². The maximum Gasteiger partial charge on any atom is 0.314 e. The third-order valence-electron chi connectivity index (χ3n) is 5.84. The van der Waals surface area contributed by atoms with Crippen LogP contribution in [0.25, 0.3) is 0 Å². The van der Waals surface area contributed by atoms with Gasteiger partial charge in [-0.2, -0.15) is 0 Å². The van der Waals surface area contributed by atoms with E-state index >= 15 is 0 Å². The Balaban J connectivity index is 2.26. The molecule has 2 aromatic carbocycles. The molecule has 2 N–H and O–H groups in total. The van der Waals surface area contributed by atoms with Gasteiger partial charge in [0.05, 0.1) is 26.1 Å². The van der Waals surface area contributed by atoms with Crippen molar-refractivity contribution in [1.29, 1.82) is 0 Å². The Morgan fingerprint density at radius 1 is 1.06 bits per heavy atom. The van der Waals surface area contributed by atoms with Gasteiger partial charge >= 0.3 is 11.9 Å². The van der Waals surface area contributed by atoms with Gasteiger partial charge in [0, 0.05) is 11.6 Å². The number of hydrogen-bond acceptors (Lipinski definition) is 5. The van der Waals surface area contributed by atoms with Crippen LogP contribution in [0.5, 0.6) is 11.5 Å². The Labute approximate surface area is 201 Å². The number of carboxylic acid groups (broad SMARTS) is 2. The van der Waals surface area contributed by atoms with E-state index in [1.807, 2.05) is 0 Å². The summed E-state index contributed by atoms with van der Waals surface area (Å²) in [7, 11) is -3.68. The van der Waals surface area contributed by atoms with Crippen LogP contribution in [-0.2, 0) is 24.8 Å². The zero-order valence-electron chi connectivity index (χ0n) is 17.8. The van der Waals surface area contributed by atoms with Gasteiger partial charge in [-0.1, -0.05) is 42.3 Å². The number of carboxylic acids is 2. The summed E-state index contributed by atoms with van der Waals surface area (Å²) >= 11 is 12.0. The highest BCUT2D eigenvalue weighted by Crippen LogP contribution is 2.49. The fourth-order valence-electron chi connectivity index (χ4n) is 3.91. The van der Waals surface area contributed by atoms with E-state index < -0.39 is 32.6 Å². The van der Waals surface area contributed by atoms with Gasteiger partial charge < -0.3 is 14.9 Å². The Morgan fingerprint density at radius 2 is 1.76 bits per heavy atom. The van der Waals surface area contributed by atoms with Crippen LogP contribution in [0.1, 0.15) is 32.3 Å². The largest absolute Gasteiger partial charge is 0.481 e. The molecular formula is C23H22Cl2O7S. The minimum absolute atomic E-state index is 0.0431. The fourth-order valence-corrected chi connectivity index (χ4v) is 5.10. The van der Waals surface area contributed by atoms with Crippen LogP contribution < -0.4 is 4.74 Å². The van der Waals surface area contributed by atoms with Crippen LogP contribution in [0.3, 0.4) is 0 Å². The molecule has 1 aliphatic carbocycles. The monoisotopic (exact) mass is 512 g/mol. The third-order valence-corrected chi connectivity index (χ3v) is 8.31. The molecule has 2 aromatic rings. The van der Waals surface area contributed by atoms with Gasteiger partial charge in [-0.15, -0.1) is 0 Å². The molecule has 0 bridgehead atoms. The second kappa shape index (κ2) is 9.00. The first-order valence-corrected chi connectivity index (χ1v) is 12.4. The summed E-state index contributed by atoms with van der Waals surface area (Å²) in [5, 5.41) is 20.6. The number of benzene rings is 2. The topological polar surface area (TPSA) is 118 Å². The number of rotatable bonds is 7. The molecule has 2 atom stereocenters. The highest BCUT2D eigenvalue weighted by atomic mass is 35.5. The van der Waals surface area contributed by atoms with Crippen LogP contribution >= 0.6 is 23.2 Å². The molecule has 0 spiro atoms. The maximum absolute atomic E-state index is 12.7. The van der Waals surface area contributed by atoms with E-state index in [0.717, 1.165) is 0 Å². The maximum atomic E-state index is 12.7. The molecule has 33 heavy (non-hydrogen) atoms. The molecule has 176 valence electrons. The quantitative estimate of drug-likeness (QED) is 0.480. The molecular weight excluding hydrogens is 491 g/mol. The molecule has 1 aliphatic rings. The van der Waals surface area contributed by atoms with E-state index in [1.165, 1.54) is 62.4 Å². The average Bonchev–Trinajstić information content (AvgIpc) is 2.76. The predicted octanol–water partition coefficient (Wildman–Crippen LogP) is 5.34. The smallest absolute Gasteiger partial charge is 0.314 e. The van der Waals surface area contributed by atoms with Crippen LogP contribution in [-0.4, -0.2) is 36.3 Å². The fraction of sp³-hybridized carbons (Fsp3) is 0.304. The number of sulfone groups is 1. The van der Waals surface area contributed by atoms with E-state index in [9.17, 15) is 28.2 Å². The Hall–Kier alpha value is -2.55. The molecule has 0 amide bonds. The Bertz CT molecular complexity index is 1260. The standard InChI is InChI=1S/C23H22Cl2O7S/c1-3-33(30,31)15-6-8-19(32-14-5-7-17(24)18(25)11-14)16(12-15)23(21(28)29)10-4-9-22(2,13-23)20(26)27/h4-9,11-12H,3,10,13H2,1-2H3,(H,26,27)(H,28,29). The summed E-state index contributed by atoms with van der Waals surface area (Å²) in [5.74, 6) is -2.33. The van der Waals surface area contributed by atoms with Crippen molar-refractivity contribution in [2.24, 2.45) is 5.41 Å². The van der Waals surface area contributed by atoms with E-state index in [-0.39, 0.29) is 45.6 Å². The highest BCUT2D eigenvalue weighted by molar-refractivity contribution is 7.91. The Kier molecular flexibility index (Phi) is 6.84. The minimum Gasteiger partial charge on any atom is -0.481 e. The summed E-state index contributed by atoms with van der Waals surface area (Å²) < 4.78 is 31.1. The number of aliphatic carboxylic acids is 2. The molecule has 0 fully saturated rings. The third kappa shape index (κ3) is 4.74. The normalized spacial score (nSPS) is 22.7. The molecule has 0 aromatic heterocycles. The van der Waals surface area contributed by atoms with Crippen molar-refractivity contribution in [3.8, 4) is 11.5 Å². The summed E-state index contributed by atoms with van der Waals surface area (Å²) in [6, 6.07) is 8.46. The minimum atomic E-state index is -3.68. The van der Waals surface area contributed by atoms with Gasteiger partial charge in [-0.3, -0.25) is 9.59 Å². The van der Waals surface area contributed by atoms with Crippen molar-refractivity contribution < 1.29 is 33.0 Å². The first-order valence-electron chi connectivity index (χ1n) is 9.99. The molecule has 0 aliphatic heterocycles. The van der Waals surface area contributed by atoms with Crippen LogP contribution in [0.4, 0.5) is 0 Å². The van der Waals surface area contributed by atoms with Gasteiger partial charge in [-0.25, -0.2) is 8.42 Å². The first-order chi connectivity index (χ1) is 15.3. The van der Waals surface area contributed by atoms with Crippen molar-refractivity contribution >= 4 is 45.0 Å². The highest BCUT2D eigenvalue weighted by Gasteiger charge is 2.51. The molecule has 3 rings (SSSR count). The number of ether oxygens (including phenoxy) is 1. The summed E-state index contributed by atoms with van der Waals surface area (Å²) in [6.45, 7) is 2.90. The van der Waals surface area contributed by atoms with E-state index in [4.69, 9.17) is 27.9 Å². The van der Waals surface area contributed by atoms with Crippen LogP contribution in [0, 0.1) is 5.41 Å². The lowest BCUT2D eigenvalue weighted by Crippen LogP contribution is -2.45. The zero-order chi connectivity index (χ0) is 24.6. The first kappa shape index (κ1) is 25.1. The second-order valence-electron chi connectivity index (χ2n) is 8.13. The number of carbonyl (C=O) groups is 2. The van der Waals surface area contributed by atoms with Crippen molar-refractivity contribution in [3.63, 3.8) is 0 Å². The SMILES string of the molecule is CCS(=O)(=O)c1ccc(Oc2ccc(Cl)c(Cl)c2)c(C2(C(=O)O)CC=CC(C)(C(=O)O)C2)c1. The lowest BCUT2D eigenvalue weighted by atomic mass is 9.63. The molecule has 0 radical (unpaired) electrons. The summed E-state index contributed by atoms with van der Waals surface area (Å²) in [5.41, 5.74) is -3.16. The lowest BCUT2D eigenvalue weighted by Gasteiger charge is -2.39.